The lowest BCUT2D eigenvalue weighted by atomic mass is 10.2. The molecule has 3 amide bonds. The quantitative estimate of drug-likeness (QED) is 0.536. The van der Waals surface area contributed by atoms with E-state index in [1.165, 1.54) is 19.3 Å². The van der Waals surface area contributed by atoms with E-state index in [1.54, 1.807) is 30.3 Å². The van der Waals surface area contributed by atoms with E-state index < -0.39 is 36.2 Å². The number of halogens is 1. The summed E-state index contributed by atoms with van der Waals surface area (Å²) in [6.07, 6.45) is 1.48. The van der Waals surface area contributed by atoms with Crippen LogP contribution in [0.5, 0.6) is 11.5 Å². The summed E-state index contributed by atoms with van der Waals surface area (Å²) < 4.78 is 10.3. The van der Waals surface area contributed by atoms with Gasteiger partial charge in [0.1, 0.15) is 6.54 Å². The first-order chi connectivity index (χ1) is 15.7. The van der Waals surface area contributed by atoms with Gasteiger partial charge in [-0.3, -0.25) is 19.3 Å². The molecule has 0 radical (unpaired) electrons. The number of nitrogens with one attached hydrogen (secondary N) is 1. The summed E-state index contributed by atoms with van der Waals surface area (Å²) in [5, 5.41) is 11.3. The van der Waals surface area contributed by atoms with E-state index in [9.17, 15) is 19.2 Å². The number of hydrogen-bond donors (Lipinski definition) is 2. The minimum absolute atomic E-state index is 0.132. The molecule has 2 aromatic carbocycles. The third-order valence-electron chi connectivity index (χ3n) is 4.47. The first-order valence-corrected chi connectivity index (χ1v) is 10.7. The maximum atomic E-state index is 12.7. The van der Waals surface area contributed by atoms with Crippen LogP contribution in [-0.2, 0) is 14.4 Å². The molecule has 1 aliphatic heterocycles. The van der Waals surface area contributed by atoms with Crippen LogP contribution < -0.4 is 14.8 Å². The molecular formula is C22H19ClN2O7S. The minimum atomic E-state index is -1.13. The summed E-state index contributed by atoms with van der Waals surface area (Å²) in [5.74, 6) is -1.80. The van der Waals surface area contributed by atoms with Crippen molar-refractivity contribution in [3.05, 3.63) is 57.5 Å². The lowest BCUT2D eigenvalue weighted by Gasteiger charge is -2.13. The second kappa shape index (κ2) is 10.4. The van der Waals surface area contributed by atoms with Crippen molar-refractivity contribution in [3.8, 4) is 11.5 Å². The zero-order chi connectivity index (χ0) is 24.1. The van der Waals surface area contributed by atoms with Crippen molar-refractivity contribution in [2.45, 2.75) is 6.92 Å². The van der Waals surface area contributed by atoms with Crippen molar-refractivity contribution in [1.82, 2.24) is 4.90 Å². The highest BCUT2D eigenvalue weighted by Gasteiger charge is 2.36. The highest BCUT2D eigenvalue weighted by Crippen LogP contribution is 2.34. The van der Waals surface area contributed by atoms with E-state index in [4.69, 9.17) is 26.2 Å². The van der Waals surface area contributed by atoms with Gasteiger partial charge in [0, 0.05) is 10.7 Å². The van der Waals surface area contributed by atoms with Crippen LogP contribution in [-0.4, -0.2) is 53.3 Å². The number of nitrogens with zero attached hydrogens (tertiary/aromatic N) is 1. The predicted octanol–water partition coefficient (Wildman–Crippen LogP) is 3.80. The van der Waals surface area contributed by atoms with Crippen molar-refractivity contribution in [2.75, 3.05) is 25.6 Å². The highest BCUT2D eigenvalue weighted by molar-refractivity contribution is 8.18. The molecule has 1 saturated heterocycles. The van der Waals surface area contributed by atoms with Gasteiger partial charge in [0.2, 0.25) is 5.91 Å². The lowest BCUT2D eigenvalue weighted by molar-refractivity contribution is -0.139. The fraction of sp³-hybridized carbons (Fsp3) is 0.182. The third kappa shape index (κ3) is 6.05. The van der Waals surface area contributed by atoms with Crippen LogP contribution in [0.1, 0.15) is 11.1 Å². The summed E-state index contributed by atoms with van der Waals surface area (Å²) in [4.78, 5) is 49.0. The Morgan fingerprint density at radius 3 is 2.61 bits per heavy atom. The normalized spacial score (nSPS) is 14.5. The Kier molecular flexibility index (Phi) is 7.62. The van der Waals surface area contributed by atoms with Crippen LogP contribution in [0.4, 0.5) is 10.5 Å². The number of aliphatic carboxylic acids is 1. The first kappa shape index (κ1) is 24.1. The Balaban J connectivity index is 1.70. The average molecular weight is 491 g/mol. The largest absolute Gasteiger partial charge is 0.493 e. The summed E-state index contributed by atoms with van der Waals surface area (Å²) >= 11 is 6.76. The second-order valence-electron chi connectivity index (χ2n) is 6.87. The van der Waals surface area contributed by atoms with Gasteiger partial charge in [-0.05, 0) is 60.2 Å². The zero-order valence-electron chi connectivity index (χ0n) is 17.6. The van der Waals surface area contributed by atoms with Crippen LogP contribution >= 0.6 is 23.4 Å². The van der Waals surface area contributed by atoms with Gasteiger partial charge in [-0.25, -0.2) is 4.79 Å². The van der Waals surface area contributed by atoms with Gasteiger partial charge in [-0.15, -0.1) is 0 Å². The van der Waals surface area contributed by atoms with Crippen molar-refractivity contribution in [1.29, 1.82) is 0 Å². The fourth-order valence-electron chi connectivity index (χ4n) is 2.84. The van der Waals surface area contributed by atoms with Gasteiger partial charge in [-0.1, -0.05) is 23.7 Å². The van der Waals surface area contributed by atoms with Crippen molar-refractivity contribution in [2.24, 2.45) is 0 Å². The summed E-state index contributed by atoms with van der Waals surface area (Å²) in [6, 6.07) is 9.62. The van der Waals surface area contributed by atoms with E-state index in [1.807, 2.05) is 6.92 Å². The van der Waals surface area contributed by atoms with Crippen LogP contribution in [0.2, 0.25) is 5.02 Å². The Morgan fingerprint density at radius 1 is 1.18 bits per heavy atom. The molecule has 1 heterocycles. The number of imide groups is 1. The number of amides is 3. The van der Waals surface area contributed by atoms with E-state index in [-0.39, 0.29) is 16.4 Å². The Morgan fingerprint density at radius 2 is 1.94 bits per heavy atom. The number of carbonyl (C=O) groups excluding carboxylic acids is 3. The number of aryl methyl sites for hydroxylation is 1. The lowest BCUT2D eigenvalue weighted by Crippen LogP contribution is -2.36. The molecule has 172 valence electrons. The summed E-state index contributed by atoms with van der Waals surface area (Å²) in [7, 11) is 1.39. The standard InChI is InChI=1S/C22H19ClN2O7S/c1-12-3-5-14(9-15(12)23)24-19(26)10-25-21(29)18(33-22(25)30)8-13-4-6-16(17(7-13)31-2)32-11-20(27)28/h3-9H,10-11H2,1-2H3,(H,24,26)(H,27,28). The number of carboxylic acids is 1. The van der Waals surface area contributed by atoms with Gasteiger partial charge < -0.3 is 19.9 Å². The molecule has 2 aromatic rings. The van der Waals surface area contributed by atoms with Crippen LogP contribution in [0, 0.1) is 6.92 Å². The van der Waals surface area contributed by atoms with Crippen LogP contribution in [0.15, 0.2) is 41.3 Å². The molecule has 0 saturated carbocycles. The smallest absolute Gasteiger partial charge is 0.341 e. The van der Waals surface area contributed by atoms with Crippen LogP contribution in [0.25, 0.3) is 6.08 Å². The van der Waals surface area contributed by atoms with E-state index >= 15 is 0 Å². The minimum Gasteiger partial charge on any atom is -0.493 e. The molecule has 0 spiro atoms. The van der Waals surface area contributed by atoms with Crippen molar-refractivity contribution >= 4 is 58.1 Å². The molecule has 3 rings (SSSR count). The highest BCUT2D eigenvalue weighted by atomic mass is 35.5. The number of rotatable bonds is 8. The van der Waals surface area contributed by atoms with Gasteiger partial charge in [0.05, 0.1) is 12.0 Å². The zero-order valence-corrected chi connectivity index (χ0v) is 19.2. The average Bonchev–Trinajstić information content (AvgIpc) is 3.02. The number of thioether (sulfide) groups is 1. The molecule has 33 heavy (non-hydrogen) atoms. The Labute approximate surface area is 198 Å². The molecule has 2 N–H and O–H groups in total. The Bertz CT molecular complexity index is 1170. The summed E-state index contributed by atoms with van der Waals surface area (Å²) in [5.41, 5.74) is 1.83. The molecular weight excluding hydrogens is 472 g/mol. The van der Waals surface area contributed by atoms with Crippen molar-refractivity contribution in [3.63, 3.8) is 0 Å². The topological polar surface area (TPSA) is 122 Å². The molecule has 0 atom stereocenters. The number of ether oxygens (including phenoxy) is 2. The maximum absolute atomic E-state index is 12.7. The van der Waals surface area contributed by atoms with Crippen molar-refractivity contribution < 1.29 is 33.8 Å². The monoisotopic (exact) mass is 490 g/mol. The molecule has 0 aromatic heterocycles. The van der Waals surface area contributed by atoms with E-state index in [2.05, 4.69) is 5.32 Å². The third-order valence-corrected chi connectivity index (χ3v) is 5.78. The maximum Gasteiger partial charge on any atom is 0.341 e. The molecule has 11 heteroatoms. The number of carbonyl (C=O) groups is 4. The number of anilines is 1. The molecule has 1 fully saturated rings. The summed E-state index contributed by atoms with van der Waals surface area (Å²) in [6.45, 7) is 0.844. The number of benzene rings is 2. The fourth-order valence-corrected chi connectivity index (χ4v) is 3.85. The second-order valence-corrected chi connectivity index (χ2v) is 8.27. The number of hydrogen-bond acceptors (Lipinski definition) is 7. The van der Waals surface area contributed by atoms with Gasteiger partial charge in [0.15, 0.2) is 18.1 Å². The number of carboxylic acid groups (broad SMARTS) is 1. The van der Waals surface area contributed by atoms with E-state index in [0.29, 0.717) is 28.0 Å². The van der Waals surface area contributed by atoms with E-state index in [0.717, 1.165) is 10.5 Å². The van der Waals surface area contributed by atoms with Crippen LogP contribution in [0.3, 0.4) is 0 Å². The molecule has 0 aliphatic carbocycles. The molecule has 0 unspecified atom stereocenters. The SMILES string of the molecule is COc1cc(C=C2SC(=O)N(CC(=O)Nc3ccc(C)c(Cl)c3)C2=O)ccc1OCC(=O)O. The van der Waals surface area contributed by atoms with Gasteiger partial charge in [0.25, 0.3) is 11.1 Å². The first-order valence-electron chi connectivity index (χ1n) is 9.52. The molecule has 0 bridgehead atoms. The predicted molar refractivity (Wildman–Crippen MR) is 124 cm³/mol. The Hall–Kier alpha value is -3.50. The van der Waals surface area contributed by atoms with Gasteiger partial charge >= 0.3 is 5.97 Å². The number of methoxy groups -OCH3 is 1. The molecule has 1 aliphatic rings. The molecule has 9 nitrogen and oxygen atoms in total. The van der Waals surface area contributed by atoms with Gasteiger partial charge in [-0.2, -0.15) is 0 Å².